The summed E-state index contributed by atoms with van der Waals surface area (Å²) in [6.45, 7) is 2.56. The van der Waals surface area contributed by atoms with Gasteiger partial charge < -0.3 is 15.5 Å². The normalized spacial score (nSPS) is 16.5. The number of carbonyl (C=O) groups is 1. The molecule has 0 bridgehead atoms. The van der Waals surface area contributed by atoms with Crippen molar-refractivity contribution in [2.24, 2.45) is 5.92 Å². The van der Waals surface area contributed by atoms with Gasteiger partial charge in [0.15, 0.2) is 0 Å². The fraction of sp³-hybridized carbons (Fsp3) is 0.381. The van der Waals surface area contributed by atoms with Crippen LogP contribution in [0, 0.1) is 11.7 Å². The SMILES string of the molecule is CNS(=O)(=O)Cc1cccc(CNC(=O)NCC2CCN(c3ccc(F)cc3)C2)c1. The molecule has 1 aliphatic rings. The Morgan fingerprint density at radius 3 is 2.60 bits per heavy atom. The molecule has 0 radical (unpaired) electrons. The van der Waals surface area contributed by atoms with Crippen LogP contribution in [-0.4, -0.2) is 41.1 Å². The van der Waals surface area contributed by atoms with Crippen LogP contribution < -0.4 is 20.3 Å². The van der Waals surface area contributed by atoms with Crippen LogP contribution in [0.1, 0.15) is 17.5 Å². The molecule has 9 heteroatoms. The summed E-state index contributed by atoms with van der Waals surface area (Å²) in [4.78, 5) is 14.3. The quantitative estimate of drug-likeness (QED) is 0.594. The van der Waals surface area contributed by atoms with E-state index in [1.54, 1.807) is 30.3 Å². The van der Waals surface area contributed by atoms with Gasteiger partial charge in [0.25, 0.3) is 0 Å². The predicted octanol–water partition coefficient (Wildman–Crippen LogP) is 2.20. The first-order chi connectivity index (χ1) is 14.3. The van der Waals surface area contributed by atoms with Crippen molar-refractivity contribution in [1.29, 1.82) is 0 Å². The van der Waals surface area contributed by atoms with E-state index in [9.17, 15) is 17.6 Å². The number of nitrogens with zero attached hydrogens (tertiary/aromatic N) is 1. The standard InChI is InChI=1S/C21H27FN4O3S/c1-23-30(28,29)15-17-4-2-3-16(11-17)12-24-21(27)25-13-18-9-10-26(14-18)20-7-5-19(22)6-8-20/h2-8,11,18,23H,9-10,12-15H2,1H3,(H2,24,25,27). The van der Waals surface area contributed by atoms with Gasteiger partial charge >= 0.3 is 6.03 Å². The lowest BCUT2D eigenvalue weighted by Gasteiger charge is -2.19. The van der Waals surface area contributed by atoms with Crippen LogP contribution in [0.15, 0.2) is 48.5 Å². The fourth-order valence-corrected chi connectivity index (χ4v) is 4.25. The van der Waals surface area contributed by atoms with Crippen LogP contribution in [0.25, 0.3) is 0 Å². The zero-order chi connectivity index (χ0) is 21.6. The van der Waals surface area contributed by atoms with Gasteiger partial charge in [-0.1, -0.05) is 24.3 Å². The van der Waals surface area contributed by atoms with Crippen molar-refractivity contribution in [2.45, 2.75) is 18.7 Å². The third kappa shape index (κ3) is 6.43. The molecule has 1 unspecified atom stereocenters. The summed E-state index contributed by atoms with van der Waals surface area (Å²) < 4.78 is 38.7. The number of hydrogen-bond acceptors (Lipinski definition) is 4. The van der Waals surface area contributed by atoms with Gasteiger partial charge in [0.05, 0.1) is 5.75 Å². The van der Waals surface area contributed by atoms with Gasteiger partial charge in [-0.2, -0.15) is 0 Å². The van der Waals surface area contributed by atoms with Crippen LogP contribution in [-0.2, 0) is 22.3 Å². The second-order valence-electron chi connectivity index (χ2n) is 7.42. The number of benzene rings is 2. The van der Waals surface area contributed by atoms with E-state index in [0.717, 1.165) is 30.8 Å². The minimum Gasteiger partial charge on any atom is -0.371 e. The van der Waals surface area contributed by atoms with Crippen molar-refractivity contribution in [3.63, 3.8) is 0 Å². The van der Waals surface area contributed by atoms with E-state index in [-0.39, 0.29) is 17.6 Å². The summed E-state index contributed by atoms with van der Waals surface area (Å²) in [6.07, 6.45) is 0.958. The van der Waals surface area contributed by atoms with Gasteiger partial charge in [-0.15, -0.1) is 0 Å². The Morgan fingerprint density at radius 1 is 1.13 bits per heavy atom. The Balaban J connectivity index is 1.42. The Labute approximate surface area is 176 Å². The largest absolute Gasteiger partial charge is 0.371 e. The van der Waals surface area contributed by atoms with Crippen LogP contribution in [0.3, 0.4) is 0 Å². The van der Waals surface area contributed by atoms with E-state index in [4.69, 9.17) is 0 Å². The maximum Gasteiger partial charge on any atom is 0.315 e. The van der Waals surface area contributed by atoms with E-state index in [1.807, 2.05) is 6.07 Å². The fourth-order valence-electron chi connectivity index (χ4n) is 3.49. The maximum absolute atomic E-state index is 13.1. The molecule has 2 amide bonds. The summed E-state index contributed by atoms with van der Waals surface area (Å²) in [5, 5.41) is 5.70. The highest BCUT2D eigenvalue weighted by Crippen LogP contribution is 2.23. The third-order valence-corrected chi connectivity index (χ3v) is 6.48. The Kier molecular flexibility index (Phi) is 7.28. The van der Waals surface area contributed by atoms with Crippen molar-refractivity contribution >= 4 is 21.7 Å². The first-order valence-electron chi connectivity index (χ1n) is 9.86. The molecular formula is C21H27FN4O3S. The molecule has 0 saturated carbocycles. The summed E-state index contributed by atoms with van der Waals surface area (Å²) in [6, 6.07) is 13.3. The molecule has 0 aliphatic carbocycles. The van der Waals surface area contributed by atoms with Crippen molar-refractivity contribution in [3.8, 4) is 0 Å². The van der Waals surface area contributed by atoms with Crippen molar-refractivity contribution in [3.05, 3.63) is 65.5 Å². The topological polar surface area (TPSA) is 90.5 Å². The second kappa shape index (κ2) is 9.90. The van der Waals surface area contributed by atoms with Gasteiger partial charge in [-0.25, -0.2) is 22.3 Å². The molecule has 162 valence electrons. The summed E-state index contributed by atoms with van der Waals surface area (Å²) in [5.41, 5.74) is 2.48. The lowest BCUT2D eigenvalue weighted by Crippen LogP contribution is -2.38. The van der Waals surface area contributed by atoms with Crippen molar-refractivity contribution in [2.75, 3.05) is 31.6 Å². The van der Waals surface area contributed by atoms with Crippen LogP contribution in [0.4, 0.5) is 14.9 Å². The number of carbonyl (C=O) groups excluding carboxylic acids is 1. The third-order valence-electron chi connectivity index (χ3n) is 5.14. The van der Waals surface area contributed by atoms with Crippen molar-refractivity contribution in [1.82, 2.24) is 15.4 Å². The predicted molar refractivity (Wildman–Crippen MR) is 115 cm³/mol. The van der Waals surface area contributed by atoms with E-state index in [0.29, 0.717) is 24.6 Å². The highest BCUT2D eigenvalue weighted by atomic mass is 32.2. The van der Waals surface area contributed by atoms with E-state index >= 15 is 0 Å². The molecule has 3 N–H and O–H groups in total. The lowest BCUT2D eigenvalue weighted by molar-refractivity contribution is 0.239. The molecule has 1 aliphatic heterocycles. The maximum atomic E-state index is 13.1. The van der Waals surface area contributed by atoms with Gasteiger partial charge in [0.1, 0.15) is 5.82 Å². The zero-order valence-corrected chi connectivity index (χ0v) is 17.7. The molecule has 1 saturated heterocycles. The number of urea groups is 1. The summed E-state index contributed by atoms with van der Waals surface area (Å²) >= 11 is 0. The highest BCUT2D eigenvalue weighted by molar-refractivity contribution is 7.88. The Morgan fingerprint density at radius 2 is 1.87 bits per heavy atom. The molecular weight excluding hydrogens is 407 g/mol. The van der Waals surface area contributed by atoms with Gasteiger partial charge in [-0.3, -0.25) is 0 Å². The molecule has 0 aromatic heterocycles. The minimum absolute atomic E-state index is 0.101. The molecule has 30 heavy (non-hydrogen) atoms. The number of anilines is 1. The van der Waals surface area contributed by atoms with Crippen molar-refractivity contribution < 1.29 is 17.6 Å². The van der Waals surface area contributed by atoms with Crippen LogP contribution >= 0.6 is 0 Å². The zero-order valence-electron chi connectivity index (χ0n) is 16.9. The van der Waals surface area contributed by atoms with Gasteiger partial charge in [0.2, 0.25) is 10.0 Å². The van der Waals surface area contributed by atoms with Crippen LogP contribution in [0.2, 0.25) is 0 Å². The lowest BCUT2D eigenvalue weighted by atomic mass is 10.1. The van der Waals surface area contributed by atoms with E-state index < -0.39 is 10.0 Å². The summed E-state index contributed by atoms with van der Waals surface area (Å²) in [7, 11) is -1.95. The second-order valence-corrected chi connectivity index (χ2v) is 9.35. The monoisotopic (exact) mass is 434 g/mol. The molecule has 2 aromatic rings. The van der Waals surface area contributed by atoms with Crippen LogP contribution in [0.5, 0.6) is 0 Å². The first kappa shape index (κ1) is 22.0. The first-order valence-corrected chi connectivity index (χ1v) is 11.5. The average Bonchev–Trinajstić information content (AvgIpc) is 3.20. The van der Waals surface area contributed by atoms with E-state index in [1.165, 1.54) is 19.2 Å². The average molecular weight is 435 g/mol. The van der Waals surface area contributed by atoms with Gasteiger partial charge in [0, 0.05) is 31.9 Å². The molecule has 1 fully saturated rings. The molecule has 1 atom stereocenters. The molecule has 1 heterocycles. The Hall–Kier alpha value is -2.65. The minimum atomic E-state index is -3.34. The van der Waals surface area contributed by atoms with Gasteiger partial charge in [-0.05, 0) is 54.8 Å². The molecule has 0 spiro atoms. The molecule has 7 nitrogen and oxygen atoms in total. The smallest absolute Gasteiger partial charge is 0.315 e. The number of rotatable bonds is 8. The number of sulfonamides is 1. The summed E-state index contributed by atoms with van der Waals surface area (Å²) in [5.74, 6) is -0.0200. The number of hydrogen-bond donors (Lipinski definition) is 3. The number of nitrogens with one attached hydrogen (secondary N) is 3. The highest BCUT2D eigenvalue weighted by Gasteiger charge is 2.23. The Bertz CT molecular complexity index is 966. The number of amides is 2. The van der Waals surface area contributed by atoms with E-state index in [2.05, 4.69) is 20.3 Å². The molecule has 3 rings (SSSR count). The number of halogens is 1. The molecule has 2 aromatic carbocycles.